The highest BCUT2D eigenvalue weighted by molar-refractivity contribution is 5.90. The van der Waals surface area contributed by atoms with Crippen LogP contribution in [0.3, 0.4) is 0 Å². The standard InChI is InChI=1S/C16H24F2N2O3/c1-4-16(3,7-8-21)20-15(22)19-12-6-5-11(2)13(9-12)23-10-14(17)18/h5-6,9,14,21H,4,7-8,10H2,1-3H3,(H2,19,20,22). The minimum Gasteiger partial charge on any atom is -0.487 e. The third-order valence-corrected chi connectivity index (χ3v) is 3.67. The molecule has 130 valence electrons. The van der Waals surface area contributed by atoms with Gasteiger partial charge in [0.1, 0.15) is 12.4 Å². The highest BCUT2D eigenvalue weighted by atomic mass is 19.3. The quantitative estimate of drug-likeness (QED) is 0.685. The van der Waals surface area contributed by atoms with Crippen molar-refractivity contribution in [2.45, 2.75) is 45.6 Å². The molecule has 0 aliphatic carbocycles. The highest BCUT2D eigenvalue weighted by Crippen LogP contribution is 2.23. The zero-order chi connectivity index (χ0) is 17.5. The normalized spacial score (nSPS) is 13.5. The number of urea groups is 1. The van der Waals surface area contributed by atoms with E-state index in [0.717, 1.165) is 0 Å². The Morgan fingerprint density at radius 1 is 1.43 bits per heavy atom. The lowest BCUT2D eigenvalue weighted by Gasteiger charge is -2.29. The van der Waals surface area contributed by atoms with Gasteiger partial charge in [-0.25, -0.2) is 13.6 Å². The summed E-state index contributed by atoms with van der Waals surface area (Å²) in [5, 5.41) is 14.5. The molecule has 3 N–H and O–H groups in total. The van der Waals surface area contributed by atoms with Crippen LogP contribution in [0, 0.1) is 6.92 Å². The summed E-state index contributed by atoms with van der Waals surface area (Å²) in [6.45, 7) is 4.77. The Labute approximate surface area is 135 Å². The van der Waals surface area contributed by atoms with Crippen molar-refractivity contribution in [2.24, 2.45) is 0 Å². The summed E-state index contributed by atoms with van der Waals surface area (Å²) in [5.74, 6) is 0.303. The van der Waals surface area contributed by atoms with Gasteiger partial charge in [-0.2, -0.15) is 0 Å². The molecule has 5 nitrogen and oxygen atoms in total. The van der Waals surface area contributed by atoms with Crippen LogP contribution in [-0.2, 0) is 0 Å². The maximum atomic E-state index is 12.2. The number of halogens is 2. The van der Waals surface area contributed by atoms with Crippen molar-refractivity contribution < 1.29 is 23.4 Å². The molecule has 0 heterocycles. The summed E-state index contributed by atoms with van der Waals surface area (Å²) >= 11 is 0. The number of anilines is 1. The molecule has 0 radical (unpaired) electrons. The number of rotatable bonds is 8. The largest absolute Gasteiger partial charge is 0.487 e. The van der Waals surface area contributed by atoms with E-state index in [9.17, 15) is 13.6 Å². The van der Waals surface area contributed by atoms with E-state index in [2.05, 4.69) is 10.6 Å². The van der Waals surface area contributed by atoms with E-state index in [1.54, 1.807) is 19.1 Å². The van der Waals surface area contributed by atoms with Crippen molar-refractivity contribution in [1.29, 1.82) is 0 Å². The van der Waals surface area contributed by atoms with Gasteiger partial charge in [0.25, 0.3) is 6.43 Å². The summed E-state index contributed by atoms with van der Waals surface area (Å²) in [6.07, 6.45) is -1.45. The molecule has 0 saturated heterocycles. The molecule has 0 saturated carbocycles. The first-order chi connectivity index (χ1) is 10.8. The van der Waals surface area contributed by atoms with Crippen molar-refractivity contribution in [3.05, 3.63) is 23.8 Å². The van der Waals surface area contributed by atoms with Crippen LogP contribution in [-0.4, -0.2) is 36.3 Å². The van der Waals surface area contributed by atoms with Crippen LogP contribution in [0.5, 0.6) is 5.75 Å². The predicted molar refractivity (Wildman–Crippen MR) is 85.2 cm³/mol. The molecule has 0 fully saturated rings. The second-order valence-electron chi connectivity index (χ2n) is 5.65. The molecule has 0 bridgehead atoms. The van der Waals surface area contributed by atoms with Crippen LogP contribution in [0.15, 0.2) is 18.2 Å². The molecular formula is C16H24F2N2O3. The Kier molecular flexibility index (Phi) is 7.22. The molecule has 1 rings (SSSR count). The fourth-order valence-corrected chi connectivity index (χ4v) is 2.00. The van der Waals surface area contributed by atoms with E-state index in [1.165, 1.54) is 6.07 Å². The summed E-state index contributed by atoms with van der Waals surface area (Å²) in [4.78, 5) is 12.1. The van der Waals surface area contributed by atoms with Gasteiger partial charge in [0.15, 0.2) is 0 Å². The lowest BCUT2D eigenvalue weighted by atomic mass is 9.95. The number of carbonyl (C=O) groups excluding carboxylic acids is 1. The Bertz CT molecular complexity index is 526. The maximum absolute atomic E-state index is 12.2. The molecule has 0 aliphatic rings. The average Bonchev–Trinajstić information content (AvgIpc) is 2.47. The Morgan fingerprint density at radius 3 is 2.70 bits per heavy atom. The van der Waals surface area contributed by atoms with Crippen LogP contribution in [0.2, 0.25) is 0 Å². The molecule has 0 aromatic heterocycles. The summed E-state index contributed by atoms with van der Waals surface area (Å²) < 4.78 is 29.5. The van der Waals surface area contributed by atoms with E-state index in [1.807, 2.05) is 13.8 Å². The molecule has 1 atom stereocenters. The monoisotopic (exact) mass is 330 g/mol. The number of alkyl halides is 2. The maximum Gasteiger partial charge on any atom is 0.319 e. The van der Waals surface area contributed by atoms with E-state index in [-0.39, 0.29) is 6.61 Å². The number of hydrogen-bond donors (Lipinski definition) is 3. The van der Waals surface area contributed by atoms with Gasteiger partial charge in [-0.15, -0.1) is 0 Å². The topological polar surface area (TPSA) is 70.6 Å². The van der Waals surface area contributed by atoms with Gasteiger partial charge in [-0.3, -0.25) is 0 Å². The Morgan fingerprint density at radius 2 is 2.13 bits per heavy atom. The van der Waals surface area contributed by atoms with Crippen LogP contribution in [0.25, 0.3) is 0 Å². The van der Waals surface area contributed by atoms with E-state index in [0.29, 0.717) is 29.8 Å². The van der Waals surface area contributed by atoms with Crippen LogP contribution in [0.1, 0.15) is 32.3 Å². The third kappa shape index (κ3) is 6.40. The first kappa shape index (κ1) is 19.2. The molecule has 1 unspecified atom stereocenters. The van der Waals surface area contributed by atoms with Crippen LogP contribution >= 0.6 is 0 Å². The molecule has 2 amide bonds. The minimum absolute atomic E-state index is 0.0270. The van der Waals surface area contributed by atoms with Gasteiger partial charge in [-0.05, 0) is 38.3 Å². The summed E-state index contributed by atoms with van der Waals surface area (Å²) in [5.41, 5.74) is 0.633. The van der Waals surface area contributed by atoms with Crippen molar-refractivity contribution >= 4 is 11.7 Å². The fraction of sp³-hybridized carbons (Fsp3) is 0.562. The van der Waals surface area contributed by atoms with E-state index >= 15 is 0 Å². The number of amides is 2. The number of ether oxygens (including phenoxy) is 1. The number of benzene rings is 1. The van der Waals surface area contributed by atoms with E-state index < -0.39 is 24.6 Å². The molecule has 1 aromatic carbocycles. The zero-order valence-corrected chi connectivity index (χ0v) is 13.7. The van der Waals surface area contributed by atoms with Crippen molar-refractivity contribution in [3.63, 3.8) is 0 Å². The number of nitrogens with one attached hydrogen (secondary N) is 2. The summed E-state index contributed by atoms with van der Waals surface area (Å²) in [6, 6.07) is 4.43. The van der Waals surface area contributed by atoms with Gasteiger partial charge in [0.2, 0.25) is 0 Å². The fourth-order valence-electron chi connectivity index (χ4n) is 2.00. The lowest BCUT2D eigenvalue weighted by Crippen LogP contribution is -2.48. The average molecular weight is 330 g/mol. The molecule has 1 aromatic rings. The number of carbonyl (C=O) groups is 1. The molecular weight excluding hydrogens is 306 g/mol. The second kappa shape index (κ2) is 8.67. The number of aliphatic hydroxyl groups is 1. The SMILES string of the molecule is CCC(C)(CCO)NC(=O)Nc1ccc(C)c(OCC(F)F)c1. The second-order valence-corrected chi connectivity index (χ2v) is 5.65. The highest BCUT2D eigenvalue weighted by Gasteiger charge is 2.23. The molecule has 7 heteroatoms. The van der Waals surface area contributed by atoms with Gasteiger partial charge in [0.05, 0.1) is 0 Å². The van der Waals surface area contributed by atoms with Gasteiger partial charge < -0.3 is 20.5 Å². The molecule has 0 spiro atoms. The van der Waals surface area contributed by atoms with Crippen molar-refractivity contribution in [1.82, 2.24) is 5.32 Å². The van der Waals surface area contributed by atoms with Crippen LogP contribution < -0.4 is 15.4 Å². The van der Waals surface area contributed by atoms with Crippen molar-refractivity contribution in [2.75, 3.05) is 18.5 Å². The van der Waals surface area contributed by atoms with Crippen molar-refractivity contribution in [3.8, 4) is 5.75 Å². The number of aryl methyl sites for hydroxylation is 1. The predicted octanol–water partition coefficient (Wildman–Crippen LogP) is 3.31. The lowest BCUT2D eigenvalue weighted by molar-refractivity contribution is 0.0816. The van der Waals surface area contributed by atoms with Crippen LogP contribution in [0.4, 0.5) is 19.3 Å². The Balaban J connectivity index is 2.72. The zero-order valence-electron chi connectivity index (χ0n) is 13.7. The van der Waals surface area contributed by atoms with Gasteiger partial charge >= 0.3 is 6.03 Å². The first-order valence-corrected chi connectivity index (χ1v) is 7.51. The van der Waals surface area contributed by atoms with E-state index in [4.69, 9.17) is 9.84 Å². The minimum atomic E-state index is -2.56. The third-order valence-electron chi connectivity index (χ3n) is 3.67. The molecule has 0 aliphatic heterocycles. The smallest absolute Gasteiger partial charge is 0.319 e. The number of hydrogen-bond acceptors (Lipinski definition) is 3. The number of aliphatic hydroxyl groups excluding tert-OH is 1. The van der Waals surface area contributed by atoms with Gasteiger partial charge in [0, 0.05) is 23.9 Å². The first-order valence-electron chi connectivity index (χ1n) is 7.51. The Hall–Kier alpha value is -1.89. The van der Waals surface area contributed by atoms with Gasteiger partial charge in [-0.1, -0.05) is 13.0 Å². The summed E-state index contributed by atoms with van der Waals surface area (Å²) in [7, 11) is 0. The molecule has 23 heavy (non-hydrogen) atoms.